The Labute approximate surface area is 305 Å². The molecule has 3 N–H and O–H groups in total. The highest BCUT2D eigenvalue weighted by atomic mass is 31.2. The van der Waals surface area contributed by atoms with Crippen LogP contribution in [0.3, 0.4) is 0 Å². The van der Waals surface area contributed by atoms with Crippen molar-refractivity contribution in [2.45, 2.75) is 180 Å². The molecule has 2 atom stereocenters. The van der Waals surface area contributed by atoms with Gasteiger partial charge in [0.2, 0.25) is 5.91 Å². The highest BCUT2D eigenvalue weighted by Crippen LogP contribution is 2.42. The first kappa shape index (κ1) is 48.2. The maximum atomic E-state index is 12.1. The lowest BCUT2D eigenvalue weighted by Crippen LogP contribution is -2.27. The minimum absolute atomic E-state index is 0.0762. The Kier molecular flexibility index (Phi) is 35.7. The van der Waals surface area contributed by atoms with Crippen LogP contribution in [0.2, 0.25) is 0 Å². The molecule has 1 amide bonds. The Balaban J connectivity index is 3.63. The van der Waals surface area contributed by atoms with Crippen LogP contribution in [0, 0.1) is 0 Å². The lowest BCUT2D eigenvalue weighted by atomic mass is 10.1. The third-order valence-electron chi connectivity index (χ3n) is 8.29. The van der Waals surface area contributed by atoms with Crippen LogP contribution in [-0.4, -0.2) is 54.3 Å². The standard InChI is InChI=1S/C40H74NO8P/c1-3-5-7-9-11-13-15-17-18-19-20-21-22-24-26-28-30-32-39(43)41-34-35-48-50(45,46)49-37-38(42)36-47-40(44)33-31-29-27-25-23-16-14-12-10-8-6-4-2/h11-14,17-18,38,42H,3-10,15-16,19-37H2,1-2H3,(H,41,43)(H,45,46)/b13-11-,14-12-,18-17-. The molecule has 0 aromatic carbocycles. The van der Waals surface area contributed by atoms with E-state index in [9.17, 15) is 24.2 Å². The van der Waals surface area contributed by atoms with Gasteiger partial charge in [0.15, 0.2) is 0 Å². The molecular formula is C40H74NO8P. The molecule has 9 nitrogen and oxygen atoms in total. The molecule has 0 spiro atoms. The maximum Gasteiger partial charge on any atom is 0.472 e. The molecule has 0 saturated heterocycles. The topological polar surface area (TPSA) is 131 Å². The minimum Gasteiger partial charge on any atom is -0.463 e. The number of allylic oxidation sites excluding steroid dienone is 6. The fraction of sp³-hybridized carbons (Fsp3) is 0.800. The van der Waals surface area contributed by atoms with Crippen molar-refractivity contribution in [3.8, 4) is 0 Å². The number of carbonyl (C=O) groups is 2. The first-order valence-corrected chi connectivity index (χ1v) is 21.5. The molecule has 0 aromatic heterocycles. The molecule has 0 heterocycles. The number of aliphatic hydroxyl groups excluding tert-OH is 1. The van der Waals surface area contributed by atoms with Crippen molar-refractivity contribution in [1.82, 2.24) is 5.32 Å². The van der Waals surface area contributed by atoms with E-state index in [1.54, 1.807) is 0 Å². The molecule has 0 aliphatic carbocycles. The third kappa shape index (κ3) is 37.5. The molecule has 0 aliphatic rings. The van der Waals surface area contributed by atoms with Crippen LogP contribution in [0.4, 0.5) is 0 Å². The lowest BCUT2D eigenvalue weighted by Gasteiger charge is -2.15. The van der Waals surface area contributed by atoms with Crippen LogP contribution in [0.5, 0.6) is 0 Å². The number of aliphatic hydroxyl groups is 1. The Bertz CT molecular complexity index is 923. The van der Waals surface area contributed by atoms with Gasteiger partial charge in [0, 0.05) is 19.4 Å². The molecule has 0 aliphatic heterocycles. The van der Waals surface area contributed by atoms with E-state index < -0.39 is 26.5 Å². The second-order valence-electron chi connectivity index (χ2n) is 13.2. The zero-order valence-corrected chi connectivity index (χ0v) is 32.7. The number of ether oxygens (including phenoxy) is 1. The molecule has 2 unspecified atom stereocenters. The summed E-state index contributed by atoms with van der Waals surface area (Å²) in [6.07, 6.45) is 39.3. The zero-order chi connectivity index (χ0) is 36.8. The van der Waals surface area contributed by atoms with Crippen LogP contribution in [0.1, 0.15) is 174 Å². The summed E-state index contributed by atoms with van der Waals surface area (Å²) < 4.78 is 26.8. The van der Waals surface area contributed by atoms with E-state index in [0.29, 0.717) is 6.42 Å². The van der Waals surface area contributed by atoms with Crippen LogP contribution >= 0.6 is 7.82 Å². The smallest absolute Gasteiger partial charge is 0.463 e. The van der Waals surface area contributed by atoms with Gasteiger partial charge in [0.05, 0.1) is 13.2 Å². The van der Waals surface area contributed by atoms with Crippen molar-refractivity contribution in [2.24, 2.45) is 0 Å². The average Bonchev–Trinajstić information content (AvgIpc) is 3.10. The summed E-state index contributed by atoms with van der Waals surface area (Å²) in [6.45, 7) is 3.47. The van der Waals surface area contributed by atoms with Crippen LogP contribution < -0.4 is 5.32 Å². The first-order valence-electron chi connectivity index (χ1n) is 20.0. The van der Waals surface area contributed by atoms with E-state index in [0.717, 1.165) is 70.6 Å². The number of hydrogen-bond donors (Lipinski definition) is 3. The summed E-state index contributed by atoms with van der Waals surface area (Å²) in [5, 5.41) is 12.6. The van der Waals surface area contributed by atoms with Gasteiger partial charge >= 0.3 is 13.8 Å². The predicted molar refractivity (Wildman–Crippen MR) is 206 cm³/mol. The molecule has 0 saturated carbocycles. The number of nitrogens with one attached hydrogen (secondary N) is 1. The summed E-state index contributed by atoms with van der Waals surface area (Å²) in [7, 11) is -4.41. The van der Waals surface area contributed by atoms with Gasteiger partial charge in [-0.1, -0.05) is 127 Å². The summed E-state index contributed by atoms with van der Waals surface area (Å²) in [5.41, 5.74) is 0. The number of rotatable bonds is 37. The van der Waals surface area contributed by atoms with Gasteiger partial charge in [-0.25, -0.2) is 4.57 Å². The molecule has 0 bridgehead atoms. The van der Waals surface area contributed by atoms with Gasteiger partial charge in [0.1, 0.15) is 12.7 Å². The van der Waals surface area contributed by atoms with E-state index >= 15 is 0 Å². The molecule has 50 heavy (non-hydrogen) atoms. The Morgan fingerprint density at radius 1 is 0.620 bits per heavy atom. The fourth-order valence-corrected chi connectivity index (χ4v) is 5.98. The van der Waals surface area contributed by atoms with Crippen molar-refractivity contribution in [2.75, 3.05) is 26.4 Å². The summed E-state index contributed by atoms with van der Waals surface area (Å²) in [6, 6.07) is 0. The van der Waals surface area contributed by atoms with Crippen molar-refractivity contribution in [3.63, 3.8) is 0 Å². The van der Waals surface area contributed by atoms with E-state index in [1.807, 2.05) is 0 Å². The monoisotopic (exact) mass is 728 g/mol. The molecule has 0 rings (SSSR count). The normalized spacial score (nSPS) is 13.8. The molecular weight excluding hydrogens is 653 g/mol. The van der Waals surface area contributed by atoms with E-state index in [4.69, 9.17) is 13.8 Å². The summed E-state index contributed by atoms with van der Waals surface area (Å²) in [5.74, 6) is -0.535. The average molecular weight is 728 g/mol. The van der Waals surface area contributed by atoms with Gasteiger partial charge in [-0.15, -0.1) is 0 Å². The zero-order valence-electron chi connectivity index (χ0n) is 31.8. The SMILES string of the molecule is CCCCC/C=C\C/C=C\CCCCCCCCCC(=O)NCCOP(=O)(O)OCC(O)COC(=O)CCCCCCC/C=C\CCCCC. The van der Waals surface area contributed by atoms with Crippen LogP contribution in [0.25, 0.3) is 0 Å². The number of hydrogen-bond acceptors (Lipinski definition) is 7. The van der Waals surface area contributed by atoms with Gasteiger partial charge in [0.25, 0.3) is 0 Å². The largest absolute Gasteiger partial charge is 0.472 e. The van der Waals surface area contributed by atoms with Crippen molar-refractivity contribution in [3.05, 3.63) is 36.5 Å². The van der Waals surface area contributed by atoms with Crippen molar-refractivity contribution >= 4 is 19.7 Å². The molecule has 0 fully saturated rings. The van der Waals surface area contributed by atoms with Gasteiger partial charge in [-0.2, -0.15) is 0 Å². The number of esters is 1. The van der Waals surface area contributed by atoms with Crippen molar-refractivity contribution < 1.29 is 37.9 Å². The number of phosphoric acid groups is 1. The highest BCUT2D eigenvalue weighted by molar-refractivity contribution is 7.47. The molecule has 10 heteroatoms. The van der Waals surface area contributed by atoms with Gasteiger partial charge < -0.3 is 20.1 Å². The second kappa shape index (κ2) is 37.0. The van der Waals surface area contributed by atoms with Crippen molar-refractivity contribution in [1.29, 1.82) is 0 Å². The summed E-state index contributed by atoms with van der Waals surface area (Å²) in [4.78, 5) is 33.8. The highest BCUT2D eigenvalue weighted by Gasteiger charge is 2.23. The maximum absolute atomic E-state index is 12.1. The third-order valence-corrected chi connectivity index (χ3v) is 9.28. The Morgan fingerprint density at radius 3 is 1.62 bits per heavy atom. The number of unbranched alkanes of at least 4 members (excludes halogenated alkanes) is 18. The first-order chi connectivity index (χ1) is 24.3. The quantitative estimate of drug-likeness (QED) is 0.0249. The minimum atomic E-state index is -4.41. The van der Waals surface area contributed by atoms with Gasteiger partial charge in [-0.05, 0) is 70.6 Å². The lowest BCUT2D eigenvalue weighted by molar-refractivity contribution is -0.147. The van der Waals surface area contributed by atoms with E-state index in [-0.39, 0.29) is 32.1 Å². The Morgan fingerprint density at radius 2 is 1.08 bits per heavy atom. The molecule has 292 valence electrons. The molecule has 0 aromatic rings. The van der Waals surface area contributed by atoms with E-state index in [1.165, 1.54) is 77.0 Å². The fourth-order valence-electron chi connectivity index (χ4n) is 5.23. The number of phosphoric ester groups is 1. The number of amides is 1. The predicted octanol–water partition coefficient (Wildman–Crippen LogP) is 10.6. The second-order valence-corrected chi connectivity index (χ2v) is 14.7. The molecule has 0 radical (unpaired) electrons. The number of carbonyl (C=O) groups excluding carboxylic acids is 2. The van der Waals surface area contributed by atoms with Crippen LogP contribution in [-0.2, 0) is 27.9 Å². The summed E-state index contributed by atoms with van der Waals surface area (Å²) >= 11 is 0. The van der Waals surface area contributed by atoms with Crippen LogP contribution in [0.15, 0.2) is 36.5 Å². The Hall–Kier alpha value is -1.77. The van der Waals surface area contributed by atoms with Gasteiger partial charge in [-0.3, -0.25) is 18.6 Å². The van der Waals surface area contributed by atoms with E-state index in [2.05, 4.69) is 55.6 Å².